The number of hydrogen-bond donors (Lipinski definition) is 1. The van der Waals surface area contributed by atoms with Gasteiger partial charge in [-0.05, 0) is 46.6 Å². The van der Waals surface area contributed by atoms with Gasteiger partial charge >= 0.3 is 0 Å². The zero-order chi connectivity index (χ0) is 11.3. The Hall–Kier alpha value is -0.990. The van der Waals surface area contributed by atoms with Crippen molar-refractivity contribution in [2.45, 2.75) is 6.92 Å². The number of aryl methyl sites for hydroxylation is 1. The normalized spacial score (nSPS) is 11.4. The Labute approximate surface area is 107 Å². The van der Waals surface area contributed by atoms with Gasteiger partial charge in [0.15, 0.2) is 0 Å². The molecule has 3 aromatic rings. The Kier molecular flexibility index (Phi) is 2.23. The summed E-state index contributed by atoms with van der Waals surface area (Å²) in [6.07, 6.45) is 0. The highest BCUT2D eigenvalue weighted by molar-refractivity contribution is 9.10. The fourth-order valence-electron chi connectivity index (χ4n) is 2.01. The van der Waals surface area contributed by atoms with Crippen LogP contribution in [0.1, 0.15) is 5.56 Å². The molecule has 80 valence electrons. The lowest BCUT2D eigenvalue weighted by Gasteiger charge is -1.98. The van der Waals surface area contributed by atoms with Gasteiger partial charge in [-0.25, -0.2) is 0 Å². The van der Waals surface area contributed by atoms with Crippen LogP contribution in [-0.4, -0.2) is 4.98 Å². The van der Waals surface area contributed by atoms with Crippen molar-refractivity contribution in [3.8, 4) is 0 Å². The number of rotatable bonds is 0. The molecule has 3 heteroatoms. The topological polar surface area (TPSA) is 15.8 Å². The highest BCUT2D eigenvalue weighted by Crippen LogP contribution is 2.33. The summed E-state index contributed by atoms with van der Waals surface area (Å²) in [6.45, 7) is 2.09. The van der Waals surface area contributed by atoms with Crippen LogP contribution in [0.4, 0.5) is 0 Å². The van der Waals surface area contributed by atoms with E-state index in [1.807, 2.05) is 18.2 Å². The summed E-state index contributed by atoms with van der Waals surface area (Å²) in [5.41, 5.74) is 3.48. The van der Waals surface area contributed by atoms with E-state index in [4.69, 9.17) is 11.6 Å². The van der Waals surface area contributed by atoms with E-state index in [1.54, 1.807) is 0 Å². The quantitative estimate of drug-likeness (QED) is 0.597. The van der Waals surface area contributed by atoms with Crippen molar-refractivity contribution in [2.75, 3.05) is 0 Å². The summed E-state index contributed by atoms with van der Waals surface area (Å²) in [4.78, 5) is 3.41. The molecule has 1 aromatic heterocycles. The number of H-pyrrole nitrogens is 1. The van der Waals surface area contributed by atoms with Gasteiger partial charge in [0.2, 0.25) is 0 Å². The summed E-state index contributed by atoms with van der Waals surface area (Å²) in [5, 5.41) is 3.14. The van der Waals surface area contributed by atoms with E-state index < -0.39 is 0 Å². The molecular formula is C13H9BrClN. The van der Waals surface area contributed by atoms with Crippen LogP contribution in [0.15, 0.2) is 34.8 Å². The fraction of sp³-hybridized carbons (Fsp3) is 0.0769. The van der Waals surface area contributed by atoms with Gasteiger partial charge in [0.1, 0.15) is 0 Å². The van der Waals surface area contributed by atoms with Crippen LogP contribution in [0.3, 0.4) is 0 Å². The maximum atomic E-state index is 6.02. The lowest BCUT2D eigenvalue weighted by atomic mass is 10.1. The van der Waals surface area contributed by atoms with Crippen molar-refractivity contribution in [1.29, 1.82) is 0 Å². The molecule has 1 N–H and O–H groups in total. The highest BCUT2D eigenvalue weighted by Gasteiger charge is 2.08. The van der Waals surface area contributed by atoms with Crippen LogP contribution < -0.4 is 0 Å². The monoisotopic (exact) mass is 293 g/mol. The number of benzene rings is 2. The van der Waals surface area contributed by atoms with Crippen molar-refractivity contribution in [3.05, 3.63) is 45.4 Å². The van der Waals surface area contributed by atoms with Crippen LogP contribution >= 0.6 is 27.5 Å². The predicted octanol–water partition coefficient (Wildman–Crippen LogP) is 5.05. The van der Waals surface area contributed by atoms with Crippen LogP contribution in [-0.2, 0) is 0 Å². The molecule has 0 radical (unpaired) electrons. The predicted molar refractivity (Wildman–Crippen MR) is 73.3 cm³/mol. The molecule has 1 heterocycles. The van der Waals surface area contributed by atoms with Crippen molar-refractivity contribution in [1.82, 2.24) is 4.98 Å². The molecule has 2 aromatic carbocycles. The van der Waals surface area contributed by atoms with Crippen molar-refractivity contribution < 1.29 is 0 Å². The minimum Gasteiger partial charge on any atom is -0.354 e. The molecule has 0 spiro atoms. The molecule has 16 heavy (non-hydrogen) atoms. The van der Waals surface area contributed by atoms with E-state index >= 15 is 0 Å². The number of aromatic amines is 1. The second kappa shape index (κ2) is 3.51. The maximum absolute atomic E-state index is 6.02. The molecule has 0 atom stereocenters. The second-order valence-electron chi connectivity index (χ2n) is 3.93. The smallest absolute Gasteiger partial charge is 0.0611 e. The highest BCUT2D eigenvalue weighted by atomic mass is 79.9. The first-order valence-corrected chi connectivity index (χ1v) is 6.20. The first kappa shape index (κ1) is 10.2. The molecule has 0 saturated heterocycles. The molecule has 0 aliphatic heterocycles. The molecular weight excluding hydrogens is 286 g/mol. The molecule has 0 bridgehead atoms. The first-order valence-electron chi connectivity index (χ1n) is 5.03. The molecule has 0 fully saturated rings. The summed E-state index contributed by atoms with van der Waals surface area (Å²) in [5.74, 6) is 0. The minimum absolute atomic E-state index is 0.769. The Bertz CT molecular complexity index is 700. The average molecular weight is 295 g/mol. The maximum Gasteiger partial charge on any atom is 0.0611 e. The number of aromatic nitrogens is 1. The van der Waals surface area contributed by atoms with E-state index in [2.05, 4.69) is 40.0 Å². The Morgan fingerprint density at radius 1 is 1.12 bits per heavy atom. The zero-order valence-corrected chi connectivity index (χ0v) is 11.0. The minimum atomic E-state index is 0.769. The van der Waals surface area contributed by atoms with Gasteiger partial charge in [0, 0.05) is 25.8 Å². The van der Waals surface area contributed by atoms with E-state index in [1.165, 1.54) is 16.3 Å². The van der Waals surface area contributed by atoms with Gasteiger partial charge in [-0.2, -0.15) is 0 Å². The van der Waals surface area contributed by atoms with Crippen LogP contribution in [0, 0.1) is 6.92 Å². The third-order valence-electron chi connectivity index (χ3n) is 2.87. The Morgan fingerprint density at radius 3 is 2.75 bits per heavy atom. The number of hydrogen-bond acceptors (Lipinski definition) is 0. The standard InChI is InChI=1S/C13H9BrClN/c1-7-2-4-9-10-6-8(15)3-5-11(10)16-13(9)12(7)14/h2-6,16H,1H3. The first-order chi connectivity index (χ1) is 7.66. The SMILES string of the molecule is Cc1ccc2c([nH]c3ccc(Cl)cc32)c1Br. The van der Waals surface area contributed by atoms with Gasteiger partial charge < -0.3 is 4.98 Å². The van der Waals surface area contributed by atoms with Gasteiger partial charge in [0.25, 0.3) is 0 Å². The third-order valence-corrected chi connectivity index (χ3v) is 4.12. The molecule has 0 aliphatic rings. The van der Waals surface area contributed by atoms with Gasteiger partial charge in [-0.3, -0.25) is 0 Å². The van der Waals surface area contributed by atoms with Crippen molar-refractivity contribution in [3.63, 3.8) is 0 Å². The summed E-state index contributed by atoms with van der Waals surface area (Å²) >= 11 is 9.63. The number of nitrogens with one attached hydrogen (secondary N) is 1. The molecule has 0 aliphatic carbocycles. The lowest BCUT2D eigenvalue weighted by Crippen LogP contribution is -1.76. The van der Waals surface area contributed by atoms with Crippen LogP contribution in [0.2, 0.25) is 5.02 Å². The molecule has 0 amide bonds. The van der Waals surface area contributed by atoms with E-state index in [-0.39, 0.29) is 0 Å². The zero-order valence-electron chi connectivity index (χ0n) is 8.64. The summed E-state index contributed by atoms with van der Waals surface area (Å²) in [6, 6.07) is 10.2. The third kappa shape index (κ3) is 1.37. The lowest BCUT2D eigenvalue weighted by molar-refractivity contribution is 1.44. The largest absolute Gasteiger partial charge is 0.354 e. The van der Waals surface area contributed by atoms with Crippen molar-refractivity contribution >= 4 is 49.3 Å². The van der Waals surface area contributed by atoms with E-state index in [9.17, 15) is 0 Å². The second-order valence-corrected chi connectivity index (χ2v) is 5.16. The molecule has 3 rings (SSSR count). The van der Waals surface area contributed by atoms with Gasteiger partial charge in [-0.15, -0.1) is 0 Å². The van der Waals surface area contributed by atoms with E-state index in [0.29, 0.717) is 0 Å². The molecule has 0 saturated carbocycles. The molecule has 1 nitrogen and oxygen atoms in total. The van der Waals surface area contributed by atoms with E-state index in [0.717, 1.165) is 20.5 Å². The van der Waals surface area contributed by atoms with Crippen LogP contribution in [0.5, 0.6) is 0 Å². The Morgan fingerprint density at radius 2 is 1.94 bits per heavy atom. The number of fused-ring (bicyclic) bond motifs is 3. The Balaban J connectivity index is 2.56. The summed E-state index contributed by atoms with van der Waals surface area (Å²) < 4.78 is 1.12. The van der Waals surface area contributed by atoms with Gasteiger partial charge in [0.05, 0.1) is 5.52 Å². The van der Waals surface area contributed by atoms with Crippen molar-refractivity contribution in [2.24, 2.45) is 0 Å². The van der Waals surface area contributed by atoms with Gasteiger partial charge in [-0.1, -0.05) is 23.7 Å². The average Bonchev–Trinajstić information content (AvgIpc) is 2.62. The molecule has 0 unspecified atom stereocenters. The van der Waals surface area contributed by atoms with Crippen LogP contribution in [0.25, 0.3) is 21.8 Å². The summed E-state index contributed by atoms with van der Waals surface area (Å²) in [7, 11) is 0. The number of halogens is 2. The fourth-order valence-corrected chi connectivity index (χ4v) is 2.63.